The number of carbonyl (C=O) groups is 1. The molecule has 4 rings (SSSR count). The number of aromatic nitrogens is 1. The van der Waals surface area contributed by atoms with Crippen LogP contribution in [0.15, 0.2) is 61.9 Å². The second-order valence-electron chi connectivity index (χ2n) is 8.69. The number of aryl methyl sites for hydroxylation is 1. The number of benzene rings is 2. The van der Waals surface area contributed by atoms with Gasteiger partial charge in [-0.1, -0.05) is 57.1 Å². The number of carbonyl (C=O) groups excluding carboxylic acids is 1. The SMILES string of the molecule is CCOC(=O)C1=C(C)N=c2s/c(=C\c3cc(Br)cc(I)c3OC(C)C)c(=O)n2[C@@H]1c1ccc(C)cc1. The highest BCUT2D eigenvalue weighted by atomic mass is 127. The second-order valence-corrected chi connectivity index (χ2v) is 11.8. The molecule has 3 aromatic rings. The molecule has 1 atom stereocenters. The molecule has 0 unspecified atom stereocenters. The van der Waals surface area contributed by atoms with Crippen LogP contribution in [0.4, 0.5) is 0 Å². The maximum Gasteiger partial charge on any atom is 0.338 e. The molecule has 188 valence electrons. The molecule has 1 aliphatic rings. The van der Waals surface area contributed by atoms with Gasteiger partial charge in [0, 0.05) is 10.0 Å². The molecule has 1 aliphatic heterocycles. The summed E-state index contributed by atoms with van der Waals surface area (Å²) in [5.74, 6) is 0.255. The van der Waals surface area contributed by atoms with Gasteiger partial charge >= 0.3 is 5.97 Å². The fourth-order valence-electron chi connectivity index (χ4n) is 4.04. The zero-order valence-electron chi connectivity index (χ0n) is 20.6. The Balaban J connectivity index is 1.97. The summed E-state index contributed by atoms with van der Waals surface area (Å²) in [6.45, 7) is 9.73. The second kappa shape index (κ2) is 11.0. The Labute approximate surface area is 235 Å². The Morgan fingerprint density at radius 1 is 1.25 bits per heavy atom. The van der Waals surface area contributed by atoms with Crippen LogP contribution in [0.1, 0.15) is 50.4 Å². The summed E-state index contributed by atoms with van der Waals surface area (Å²) in [5, 5.41) is 0. The summed E-state index contributed by atoms with van der Waals surface area (Å²) in [6.07, 6.45) is 1.81. The predicted molar refractivity (Wildman–Crippen MR) is 154 cm³/mol. The van der Waals surface area contributed by atoms with Crippen molar-refractivity contribution in [2.75, 3.05) is 6.61 Å². The maximum absolute atomic E-state index is 13.9. The van der Waals surface area contributed by atoms with E-state index < -0.39 is 12.0 Å². The van der Waals surface area contributed by atoms with E-state index in [0.717, 1.165) is 30.5 Å². The smallest absolute Gasteiger partial charge is 0.338 e. The van der Waals surface area contributed by atoms with Crippen molar-refractivity contribution in [3.63, 3.8) is 0 Å². The summed E-state index contributed by atoms with van der Waals surface area (Å²) in [6, 6.07) is 11.1. The monoisotopic (exact) mass is 680 g/mol. The number of thiazole rings is 1. The van der Waals surface area contributed by atoms with E-state index in [-0.39, 0.29) is 18.3 Å². The van der Waals surface area contributed by atoms with Crippen molar-refractivity contribution in [1.82, 2.24) is 4.57 Å². The molecule has 0 amide bonds. The quantitative estimate of drug-likeness (QED) is 0.263. The fraction of sp³-hybridized carbons (Fsp3) is 0.296. The van der Waals surface area contributed by atoms with Crippen molar-refractivity contribution in [1.29, 1.82) is 0 Å². The number of rotatable bonds is 6. The van der Waals surface area contributed by atoms with Crippen molar-refractivity contribution in [3.8, 4) is 5.75 Å². The van der Waals surface area contributed by atoms with Gasteiger partial charge < -0.3 is 9.47 Å². The Hall–Kier alpha value is -2.24. The lowest BCUT2D eigenvalue weighted by Crippen LogP contribution is -2.39. The van der Waals surface area contributed by atoms with E-state index in [2.05, 4.69) is 43.5 Å². The Morgan fingerprint density at radius 3 is 2.58 bits per heavy atom. The number of nitrogens with zero attached hydrogens (tertiary/aromatic N) is 2. The van der Waals surface area contributed by atoms with Crippen molar-refractivity contribution < 1.29 is 14.3 Å². The number of halogens is 2. The number of ether oxygens (including phenoxy) is 2. The highest BCUT2D eigenvalue weighted by Crippen LogP contribution is 2.32. The fourth-order valence-corrected chi connectivity index (χ4v) is 6.76. The maximum atomic E-state index is 13.9. The van der Waals surface area contributed by atoms with Gasteiger partial charge in [0.1, 0.15) is 5.75 Å². The van der Waals surface area contributed by atoms with Crippen LogP contribution in [0, 0.1) is 10.5 Å². The molecular formula is C27H26BrIN2O4S. The van der Waals surface area contributed by atoms with Crippen LogP contribution in [-0.4, -0.2) is 23.2 Å². The van der Waals surface area contributed by atoms with Gasteiger partial charge in [-0.3, -0.25) is 9.36 Å². The minimum atomic E-state index is -0.628. The van der Waals surface area contributed by atoms with Gasteiger partial charge in [-0.2, -0.15) is 0 Å². The third-order valence-corrected chi connectivity index (χ3v) is 7.83. The van der Waals surface area contributed by atoms with E-state index in [1.807, 2.05) is 63.2 Å². The van der Waals surface area contributed by atoms with Gasteiger partial charge in [-0.15, -0.1) is 0 Å². The number of hydrogen-bond acceptors (Lipinski definition) is 6. The lowest BCUT2D eigenvalue weighted by Gasteiger charge is -2.24. The lowest BCUT2D eigenvalue weighted by atomic mass is 9.95. The standard InChI is InChI=1S/C27H26BrIN2O4S/c1-6-34-26(33)22-16(5)30-27-31(23(22)17-9-7-15(4)8-10-17)25(32)21(36-27)12-18-11-19(28)13-20(29)24(18)35-14(2)3/h7-14,23H,6H2,1-5H3/b21-12-/t23-/m1/s1. The van der Waals surface area contributed by atoms with Crippen LogP contribution in [0.2, 0.25) is 0 Å². The molecule has 0 radical (unpaired) electrons. The van der Waals surface area contributed by atoms with Crippen LogP contribution in [0.5, 0.6) is 5.75 Å². The molecule has 0 N–H and O–H groups in total. The summed E-state index contributed by atoms with van der Waals surface area (Å²) in [5.41, 5.74) is 3.41. The predicted octanol–water partition coefficient (Wildman–Crippen LogP) is 5.26. The first-order chi connectivity index (χ1) is 17.1. The van der Waals surface area contributed by atoms with Gasteiger partial charge in [-0.25, -0.2) is 9.79 Å². The van der Waals surface area contributed by atoms with Gasteiger partial charge in [0.15, 0.2) is 4.80 Å². The van der Waals surface area contributed by atoms with Crippen LogP contribution in [-0.2, 0) is 9.53 Å². The van der Waals surface area contributed by atoms with Crippen molar-refractivity contribution in [2.24, 2.45) is 4.99 Å². The van der Waals surface area contributed by atoms with Gasteiger partial charge in [0.2, 0.25) is 0 Å². The molecule has 0 bridgehead atoms. The molecule has 0 saturated heterocycles. The molecule has 36 heavy (non-hydrogen) atoms. The first-order valence-electron chi connectivity index (χ1n) is 11.5. The Morgan fingerprint density at radius 2 is 1.94 bits per heavy atom. The molecular weight excluding hydrogens is 655 g/mol. The van der Waals surface area contributed by atoms with Crippen molar-refractivity contribution in [2.45, 2.75) is 46.8 Å². The van der Waals surface area contributed by atoms with E-state index in [1.54, 1.807) is 18.4 Å². The lowest BCUT2D eigenvalue weighted by molar-refractivity contribution is -0.139. The highest BCUT2D eigenvalue weighted by molar-refractivity contribution is 14.1. The van der Waals surface area contributed by atoms with Crippen LogP contribution in [0.25, 0.3) is 6.08 Å². The largest absolute Gasteiger partial charge is 0.489 e. The minimum absolute atomic E-state index is 0.0237. The molecule has 1 aromatic heterocycles. The van der Waals surface area contributed by atoms with E-state index in [9.17, 15) is 9.59 Å². The normalized spacial score (nSPS) is 15.7. The number of hydrogen-bond donors (Lipinski definition) is 0. The van der Waals surface area contributed by atoms with Crippen molar-refractivity contribution in [3.05, 3.63) is 92.1 Å². The molecule has 0 saturated carbocycles. The van der Waals surface area contributed by atoms with Crippen LogP contribution >= 0.6 is 49.9 Å². The topological polar surface area (TPSA) is 69.9 Å². The van der Waals surface area contributed by atoms with Crippen molar-refractivity contribution >= 4 is 61.9 Å². The Bertz CT molecular complexity index is 1540. The van der Waals surface area contributed by atoms with E-state index in [0.29, 0.717) is 20.6 Å². The number of esters is 1. The average molecular weight is 681 g/mol. The summed E-state index contributed by atoms with van der Waals surface area (Å²) in [4.78, 5) is 32.1. The summed E-state index contributed by atoms with van der Waals surface area (Å²) < 4.78 is 15.4. The van der Waals surface area contributed by atoms with Crippen LogP contribution < -0.4 is 19.6 Å². The highest BCUT2D eigenvalue weighted by Gasteiger charge is 2.33. The minimum Gasteiger partial charge on any atom is -0.489 e. The third kappa shape index (κ3) is 5.38. The van der Waals surface area contributed by atoms with Gasteiger partial charge in [0.05, 0.1) is 38.1 Å². The molecule has 2 heterocycles. The van der Waals surface area contributed by atoms with Crippen LogP contribution in [0.3, 0.4) is 0 Å². The molecule has 6 nitrogen and oxygen atoms in total. The zero-order valence-corrected chi connectivity index (χ0v) is 25.2. The zero-order chi connectivity index (χ0) is 26.1. The van der Waals surface area contributed by atoms with E-state index in [4.69, 9.17) is 9.47 Å². The number of allylic oxidation sites excluding steroid dienone is 1. The molecule has 0 fully saturated rings. The third-order valence-electron chi connectivity index (χ3n) is 5.59. The summed E-state index contributed by atoms with van der Waals surface area (Å²) in [7, 11) is 0. The average Bonchev–Trinajstić information content (AvgIpc) is 3.10. The molecule has 0 spiro atoms. The van der Waals surface area contributed by atoms with Gasteiger partial charge in [0.25, 0.3) is 5.56 Å². The molecule has 0 aliphatic carbocycles. The first-order valence-corrected chi connectivity index (χ1v) is 14.2. The number of fused-ring (bicyclic) bond motifs is 1. The van der Waals surface area contributed by atoms with E-state index in [1.165, 1.54) is 11.3 Å². The first kappa shape index (κ1) is 26.8. The summed E-state index contributed by atoms with van der Waals surface area (Å²) >= 11 is 7.09. The Kier molecular flexibility index (Phi) is 8.21. The molecule has 2 aromatic carbocycles. The van der Waals surface area contributed by atoms with E-state index >= 15 is 0 Å². The molecule has 9 heteroatoms. The van der Waals surface area contributed by atoms with Gasteiger partial charge in [-0.05, 0) is 81.0 Å².